The Morgan fingerprint density at radius 2 is 2.04 bits per heavy atom. The maximum absolute atomic E-state index is 13.2. The molecule has 1 aromatic carbocycles. The Kier molecular flexibility index (Phi) is 4.01. The lowest BCUT2D eigenvalue weighted by atomic mass is 10.2. The van der Waals surface area contributed by atoms with Gasteiger partial charge < -0.3 is 5.32 Å². The van der Waals surface area contributed by atoms with Crippen LogP contribution in [0.4, 0.5) is 4.39 Å². The van der Waals surface area contributed by atoms with Gasteiger partial charge in [-0.15, -0.1) is 0 Å². The molecule has 0 unspecified atom stereocenters. The van der Waals surface area contributed by atoms with Gasteiger partial charge in [-0.2, -0.15) is 9.49 Å². The largest absolute Gasteiger partial charge is 0.346 e. The zero-order valence-electron chi connectivity index (χ0n) is 13.6. The summed E-state index contributed by atoms with van der Waals surface area (Å²) in [4.78, 5) is 15.7. The standard InChI is InChI=1S/C19H17FN4O/c20-18-11-13(9-10-21-18)19(25)22-12-16-15-7-4-8-17(15)24(23-16)14-5-2-1-3-6-14/h1-3,5-6,9-11H,4,7-8,12H2,(H,22,25). The van der Waals surface area contributed by atoms with Crippen molar-refractivity contribution in [3.05, 3.63) is 77.1 Å². The fourth-order valence-corrected chi connectivity index (χ4v) is 3.25. The molecule has 0 saturated heterocycles. The number of para-hydroxylation sites is 1. The van der Waals surface area contributed by atoms with Crippen molar-refractivity contribution in [2.75, 3.05) is 0 Å². The molecule has 3 aromatic rings. The van der Waals surface area contributed by atoms with Gasteiger partial charge in [0.1, 0.15) is 0 Å². The molecule has 1 aliphatic carbocycles. The Labute approximate surface area is 144 Å². The van der Waals surface area contributed by atoms with Gasteiger partial charge in [-0.1, -0.05) is 18.2 Å². The van der Waals surface area contributed by atoms with Gasteiger partial charge in [0.05, 0.1) is 17.9 Å². The van der Waals surface area contributed by atoms with Crippen LogP contribution in [0.3, 0.4) is 0 Å². The normalized spacial score (nSPS) is 12.8. The van der Waals surface area contributed by atoms with Crippen molar-refractivity contribution in [3.8, 4) is 5.69 Å². The summed E-state index contributed by atoms with van der Waals surface area (Å²) in [6, 6.07) is 12.6. The second-order valence-electron chi connectivity index (χ2n) is 6.02. The van der Waals surface area contributed by atoms with E-state index in [0.29, 0.717) is 6.54 Å². The number of pyridine rings is 1. The number of fused-ring (bicyclic) bond motifs is 1. The number of amides is 1. The highest BCUT2D eigenvalue weighted by molar-refractivity contribution is 5.93. The SMILES string of the molecule is O=C(NCc1nn(-c2ccccc2)c2c1CCC2)c1ccnc(F)c1. The summed E-state index contributed by atoms with van der Waals surface area (Å²) in [5, 5.41) is 7.53. The van der Waals surface area contributed by atoms with Gasteiger partial charge in [0, 0.05) is 23.5 Å². The van der Waals surface area contributed by atoms with Crippen LogP contribution in [-0.2, 0) is 19.4 Å². The monoisotopic (exact) mass is 336 g/mol. The van der Waals surface area contributed by atoms with Crippen molar-refractivity contribution in [1.29, 1.82) is 0 Å². The van der Waals surface area contributed by atoms with E-state index in [1.54, 1.807) is 0 Å². The molecule has 0 bridgehead atoms. The molecule has 0 spiro atoms. The number of rotatable bonds is 4. The van der Waals surface area contributed by atoms with Crippen molar-refractivity contribution in [1.82, 2.24) is 20.1 Å². The molecule has 1 amide bonds. The number of carbonyl (C=O) groups excluding carboxylic acids is 1. The summed E-state index contributed by atoms with van der Waals surface area (Å²) in [6.07, 6.45) is 4.33. The number of nitrogens with zero attached hydrogens (tertiary/aromatic N) is 3. The van der Waals surface area contributed by atoms with Crippen LogP contribution in [0.15, 0.2) is 48.7 Å². The molecular formula is C19H17FN4O. The number of halogens is 1. The number of aromatic nitrogens is 3. The van der Waals surface area contributed by atoms with Gasteiger partial charge in [0.2, 0.25) is 5.95 Å². The Hall–Kier alpha value is -3.02. The highest BCUT2D eigenvalue weighted by Crippen LogP contribution is 2.27. The predicted octanol–water partition coefficient (Wildman–Crippen LogP) is 2.83. The summed E-state index contributed by atoms with van der Waals surface area (Å²) >= 11 is 0. The third kappa shape index (κ3) is 3.03. The zero-order valence-corrected chi connectivity index (χ0v) is 13.6. The van der Waals surface area contributed by atoms with E-state index in [9.17, 15) is 9.18 Å². The molecule has 2 aromatic heterocycles. The van der Waals surface area contributed by atoms with E-state index in [4.69, 9.17) is 5.10 Å². The van der Waals surface area contributed by atoms with E-state index in [1.807, 2.05) is 35.0 Å². The minimum Gasteiger partial charge on any atom is -0.346 e. The average Bonchev–Trinajstić information content (AvgIpc) is 3.23. The van der Waals surface area contributed by atoms with E-state index in [2.05, 4.69) is 10.3 Å². The minimum absolute atomic E-state index is 0.256. The first-order valence-corrected chi connectivity index (χ1v) is 8.27. The Morgan fingerprint density at radius 3 is 2.84 bits per heavy atom. The number of benzene rings is 1. The summed E-state index contributed by atoms with van der Waals surface area (Å²) in [7, 11) is 0. The van der Waals surface area contributed by atoms with Crippen LogP contribution in [0.1, 0.15) is 33.7 Å². The smallest absolute Gasteiger partial charge is 0.251 e. The lowest BCUT2D eigenvalue weighted by Gasteiger charge is -2.05. The molecule has 126 valence electrons. The highest BCUT2D eigenvalue weighted by Gasteiger charge is 2.23. The molecule has 0 radical (unpaired) electrons. The van der Waals surface area contributed by atoms with Crippen molar-refractivity contribution in [2.24, 2.45) is 0 Å². The molecule has 4 rings (SSSR count). The predicted molar refractivity (Wildman–Crippen MR) is 91.0 cm³/mol. The molecule has 1 N–H and O–H groups in total. The van der Waals surface area contributed by atoms with Gasteiger partial charge in [-0.05, 0) is 43.0 Å². The van der Waals surface area contributed by atoms with Crippen LogP contribution in [0.5, 0.6) is 0 Å². The molecule has 0 saturated carbocycles. The van der Waals surface area contributed by atoms with E-state index in [0.717, 1.165) is 36.7 Å². The minimum atomic E-state index is -0.665. The third-order valence-corrected chi connectivity index (χ3v) is 4.42. The van der Waals surface area contributed by atoms with Crippen LogP contribution in [-0.4, -0.2) is 20.7 Å². The fraction of sp³-hybridized carbons (Fsp3) is 0.211. The first kappa shape index (κ1) is 15.5. The first-order chi connectivity index (χ1) is 12.2. The van der Waals surface area contributed by atoms with Crippen molar-refractivity contribution >= 4 is 5.91 Å². The first-order valence-electron chi connectivity index (χ1n) is 8.27. The van der Waals surface area contributed by atoms with Gasteiger partial charge in [-0.25, -0.2) is 9.67 Å². The Balaban J connectivity index is 1.56. The second kappa shape index (κ2) is 6.47. The van der Waals surface area contributed by atoms with Crippen LogP contribution in [0.2, 0.25) is 0 Å². The molecule has 0 fully saturated rings. The average molecular weight is 336 g/mol. The number of hydrogen-bond acceptors (Lipinski definition) is 3. The molecule has 5 nitrogen and oxygen atoms in total. The van der Waals surface area contributed by atoms with E-state index in [1.165, 1.54) is 23.5 Å². The maximum atomic E-state index is 13.2. The number of nitrogens with one attached hydrogen (secondary N) is 1. The molecule has 25 heavy (non-hydrogen) atoms. The maximum Gasteiger partial charge on any atom is 0.251 e. The quantitative estimate of drug-likeness (QED) is 0.745. The molecule has 0 atom stereocenters. The number of hydrogen-bond donors (Lipinski definition) is 1. The number of carbonyl (C=O) groups is 1. The second-order valence-corrected chi connectivity index (χ2v) is 6.02. The van der Waals surface area contributed by atoms with E-state index >= 15 is 0 Å². The molecule has 6 heteroatoms. The summed E-state index contributed by atoms with van der Waals surface area (Å²) in [5.74, 6) is -0.996. The molecular weight excluding hydrogens is 319 g/mol. The summed E-state index contributed by atoms with van der Waals surface area (Å²) < 4.78 is 15.1. The summed E-state index contributed by atoms with van der Waals surface area (Å²) in [5.41, 5.74) is 4.58. The van der Waals surface area contributed by atoms with Crippen molar-refractivity contribution in [2.45, 2.75) is 25.8 Å². The Bertz CT molecular complexity index is 920. The van der Waals surface area contributed by atoms with Crippen molar-refractivity contribution < 1.29 is 9.18 Å². The lowest BCUT2D eigenvalue weighted by Crippen LogP contribution is -2.23. The Morgan fingerprint density at radius 1 is 1.20 bits per heavy atom. The topological polar surface area (TPSA) is 59.8 Å². The summed E-state index contributed by atoms with van der Waals surface area (Å²) in [6.45, 7) is 0.324. The van der Waals surface area contributed by atoms with Crippen LogP contribution >= 0.6 is 0 Å². The van der Waals surface area contributed by atoms with E-state index in [-0.39, 0.29) is 11.5 Å². The van der Waals surface area contributed by atoms with Gasteiger partial charge in [-0.3, -0.25) is 4.79 Å². The highest BCUT2D eigenvalue weighted by atomic mass is 19.1. The van der Waals surface area contributed by atoms with Gasteiger partial charge in [0.25, 0.3) is 5.91 Å². The van der Waals surface area contributed by atoms with E-state index < -0.39 is 5.95 Å². The van der Waals surface area contributed by atoms with Crippen LogP contribution < -0.4 is 5.32 Å². The molecule has 1 aliphatic rings. The van der Waals surface area contributed by atoms with Gasteiger partial charge >= 0.3 is 0 Å². The molecule has 2 heterocycles. The zero-order chi connectivity index (χ0) is 17.2. The lowest BCUT2D eigenvalue weighted by molar-refractivity contribution is 0.0949. The molecule has 0 aliphatic heterocycles. The third-order valence-electron chi connectivity index (χ3n) is 4.42. The van der Waals surface area contributed by atoms with Crippen LogP contribution in [0, 0.1) is 5.95 Å². The fourth-order valence-electron chi connectivity index (χ4n) is 3.25. The van der Waals surface area contributed by atoms with Crippen LogP contribution in [0.25, 0.3) is 5.69 Å². The van der Waals surface area contributed by atoms with Gasteiger partial charge in [0.15, 0.2) is 0 Å². The van der Waals surface area contributed by atoms with Crippen molar-refractivity contribution in [3.63, 3.8) is 0 Å².